The third-order valence-electron chi connectivity index (χ3n) is 3.59. The molecule has 1 saturated carbocycles. The van der Waals surface area contributed by atoms with E-state index < -0.39 is 0 Å². The lowest BCUT2D eigenvalue weighted by molar-refractivity contribution is -0.116. The smallest absolute Gasteiger partial charge is 0.328 e. The second-order valence-electron chi connectivity index (χ2n) is 5.33. The highest BCUT2D eigenvalue weighted by atomic mass is 16.2. The van der Waals surface area contributed by atoms with Crippen LogP contribution in [0, 0.1) is 0 Å². The first-order valence-electron chi connectivity index (χ1n) is 7.06. The molecule has 0 unspecified atom stereocenters. The van der Waals surface area contributed by atoms with E-state index in [0.717, 1.165) is 12.8 Å². The maximum Gasteiger partial charge on any atom is 0.328 e. The molecule has 1 amide bonds. The van der Waals surface area contributed by atoms with E-state index in [2.05, 4.69) is 5.32 Å². The topological polar surface area (TPSA) is 82.0 Å². The number of carbonyl (C=O) groups is 1. The molecule has 0 bridgehead atoms. The number of rotatable bonds is 5. The number of carbonyl (C=O) groups excluding carboxylic acids is 1. The van der Waals surface area contributed by atoms with Crippen LogP contribution in [0.5, 0.6) is 0 Å². The summed E-state index contributed by atoms with van der Waals surface area (Å²) in [5.74, 6) is -0.120. The van der Waals surface area contributed by atoms with Crippen LogP contribution >= 0.6 is 0 Å². The van der Waals surface area contributed by atoms with Gasteiger partial charge in [-0.1, -0.05) is 0 Å². The van der Waals surface area contributed by atoms with Gasteiger partial charge in [0.1, 0.15) is 0 Å². The van der Waals surface area contributed by atoms with Crippen LogP contribution in [0.25, 0.3) is 0 Å². The second kappa shape index (κ2) is 5.47. The van der Waals surface area contributed by atoms with Crippen LogP contribution in [0.2, 0.25) is 0 Å². The number of nitrogens with two attached hydrogens (primary N) is 1. The molecule has 0 radical (unpaired) electrons. The summed E-state index contributed by atoms with van der Waals surface area (Å²) in [6.07, 6.45) is 5.96. The Morgan fingerprint density at radius 1 is 1.24 bits per heavy atom. The lowest BCUT2D eigenvalue weighted by atomic mass is 10.3. The molecule has 6 heteroatoms. The van der Waals surface area contributed by atoms with Crippen molar-refractivity contribution in [2.24, 2.45) is 0 Å². The first-order chi connectivity index (χ1) is 10.1. The Hall–Kier alpha value is -2.50. The third-order valence-corrected chi connectivity index (χ3v) is 3.59. The van der Waals surface area contributed by atoms with E-state index in [4.69, 9.17) is 5.73 Å². The van der Waals surface area contributed by atoms with E-state index in [1.807, 2.05) is 0 Å². The first-order valence-corrected chi connectivity index (χ1v) is 7.06. The number of aromatic nitrogens is 2. The molecule has 21 heavy (non-hydrogen) atoms. The number of benzene rings is 1. The van der Waals surface area contributed by atoms with E-state index in [1.165, 1.54) is 0 Å². The summed E-state index contributed by atoms with van der Waals surface area (Å²) in [5, 5.41) is 2.78. The van der Waals surface area contributed by atoms with Crippen LogP contribution in [0.3, 0.4) is 0 Å². The second-order valence-corrected chi connectivity index (χ2v) is 5.33. The molecule has 110 valence electrons. The van der Waals surface area contributed by atoms with E-state index in [1.54, 1.807) is 45.8 Å². The zero-order valence-electron chi connectivity index (χ0n) is 11.7. The molecule has 0 aliphatic heterocycles. The normalized spacial score (nSPS) is 14.1. The van der Waals surface area contributed by atoms with Gasteiger partial charge in [-0.05, 0) is 37.1 Å². The summed E-state index contributed by atoms with van der Waals surface area (Å²) in [5.41, 5.74) is 6.92. The van der Waals surface area contributed by atoms with Crippen molar-refractivity contribution in [3.05, 3.63) is 47.1 Å². The molecule has 3 N–H and O–H groups in total. The Bertz CT molecular complexity index is 695. The number of hydrogen-bond acceptors (Lipinski definition) is 3. The van der Waals surface area contributed by atoms with Gasteiger partial charge in [0, 0.05) is 42.8 Å². The molecule has 2 aromatic rings. The number of nitrogens with zero attached hydrogens (tertiary/aromatic N) is 2. The van der Waals surface area contributed by atoms with Gasteiger partial charge in [0.05, 0.1) is 0 Å². The summed E-state index contributed by atoms with van der Waals surface area (Å²) in [6.45, 7) is 0.388. The highest BCUT2D eigenvalue weighted by Gasteiger charge is 2.25. The van der Waals surface area contributed by atoms with Gasteiger partial charge in [0.25, 0.3) is 0 Å². The summed E-state index contributed by atoms with van der Waals surface area (Å²) >= 11 is 0. The molecule has 1 heterocycles. The summed E-state index contributed by atoms with van der Waals surface area (Å²) in [4.78, 5) is 23.9. The molecule has 1 aliphatic carbocycles. The number of nitrogens with one attached hydrogen (secondary N) is 1. The minimum Gasteiger partial charge on any atom is -0.399 e. The number of anilines is 2. The molecule has 6 nitrogen and oxygen atoms in total. The molecule has 1 aromatic carbocycles. The zero-order valence-corrected chi connectivity index (χ0v) is 11.7. The number of amides is 1. The molecular weight excluding hydrogens is 268 g/mol. The van der Waals surface area contributed by atoms with Crippen LogP contribution in [0.15, 0.2) is 41.5 Å². The Morgan fingerprint density at radius 2 is 1.95 bits per heavy atom. The van der Waals surface area contributed by atoms with Gasteiger partial charge in [0.15, 0.2) is 0 Å². The SMILES string of the molecule is Nc1ccc(NC(=O)CCn2ccn(C3CC3)c2=O)cc1. The van der Waals surface area contributed by atoms with Crippen LogP contribution < -0.4 is 16.7 Å². The highest BCUT2D eigenvalue weighted by Crippen LogP contribution is 2.33. The Labute approximate surface area is 122 Å². The quantitative estimate of drug-likeness (QED) is 0.819. The van der Waals surface area contributed by atoms with E-state index >= 15 is 0 Å². The number of hydrogen-bond donors (Lipinski definition) is 2. The fourth-order valence-electron chi connectivity index (χ4n) is 2.24. The van der Waals surface area contributed by atoms with Crippen LogP contribution in [-0.4, -0.2) is 15.0 Å². The number of nitrogen functional groups attached to an aromatic ring is 1. The maximum atomic E-state index is 12.0. The highest BCUT2D eigenvalue weighted by molar-refractivity contribution is 5.90. The monoisotopic (exact) mass is 286 g/mol. The van der Waals surface area contributed by atoms with Gasteiger partial charge in [0.2, 0.25) is 5.91 Å². The van der Waals surface area contributed by atoms with Gasteiger partial charge in [-0.15, -0.1) is 0 Å². The fraction of sp³-hybridized carbons (Fsp3) is 0.333. The Morgan fingerprint density at radius 3 is 2.62 bits per heavy atom. The van der Waals surface area contributed by atoms with Crippen molar-refractivity contribution in [3.8, 4) is 0 Å². The molecule has 3 rings (SSSR count). The predicted molar refractivity (Wildman–Crippen MR) is 81.1 cm³/mol. The van der Waals surface area contributed by atoms with Crippen molar-refractivity contribution in [2.45, 2.75) is 31.8 Å². The van der Waals surface area contributed by atoms with Gasteiger partial charge in [-0.3, -0.25) is 13.9 Å². The van der Waals surface area contributed by atoms with Crippen molar-refractivity contribution < 1.29 is 4.79 Å². The van der Waals surface area contributed by atoms with Crippen molar-refractivity contribution in [2.75, 3.05) is 11.1 Å². The molecule has 1 aromatic heterocycles. The summed E-state index contributed by atoms with van der Waals surface area (Å²) in [6, 6.07) is 7.33. The summed E-state index contributed by atoms with van der Waals surface area (Å²) < 4.78 is 3.33. The fourth-order valence-corrected chi connectivity index (χ4v) is 2.24. The number of imidazole rings is 1. The largest absolute Gasteiger partial charge is 0.399 e. The van der Waals surface area contributed by atoms with Crippen molar-refractivity contribution in [1.82, 2.24) is 9.13 Å². The number of aryl methyl sites for hydroxylation is 1. The molecule has 0 saturated heterocycles. The Balaban J connectivity index is 1.56. The van der Waals surface area contributed by atoms with Gasteiger partial charge in [-0.25, -0.2) is 4.79 Å². The molecular formula is C15H18N4O2. The van der Waals surface area contributed by atoms with Crippen LogP contribution in [0.4, 0.5) is 11.4 Å². The Kier molecular flexibility index (Phi) is 3.51. The van der Waals surface area contributed by atoms with Gasteiger partial charge >= 0.3 is 5.69 Å². The minimum absolute atomic E-state index is 0.0298. The standard InChI is InChI=1S/C15H18N4O2/c16-11-1-3-12(4-2-11)17-14(20)7-8-18-9-10-19(15(18)21)13-5-6-13/h1-4,9-10,13H,5-8,16H2,(H,17,20). The van der Waals surface area contributed by atoms with Gasteiger partial charge < -0.3 is 11.1 Å². The van der Waals surface area contributed by atoms with Crippen molar-refractivity contribution >= 4 is 17.3 Å². The van der Waals surface area contributed by atoms with Gasteiger partial charge in [-0.2, -0.15) is 0 Å². The van der Waals surface area contributed by atoms with E-state index in [-0.39, 0.29) is 18.0 Å². The zero-order chi connectivity index (χ0) is 14.8. The average molecular weight is 286 g/mol. The molecule has 0 spiro atoms. The summed E-state index contributed by atoms with van der Waals surface area (Å²) in [7, 11) is 0. The molecule has 0 atom stereocenters. The average Bonchev–Trinajstić information content (AvgIpc) is 3.24. The lowest BCUT2D eigenvalue weighted by Crippen LogP contribution is -2.25. The van der Waals surface area contributed by atoms with Crippen molar-refractivity contribution in [3.63, 3.8) is 0 Å². The first kappa shape index (κ1) is 13.5. The van der Waals surface area contributed by atoms with E-state index in [0.29, 0.717) is 24.0 Å². The minimum atomic E-state index is -0.120. The van der Waals surface area contributed by atoms with Crippen molar-refractivity contribution in [1.29, 1.82) is 0 Å². The lowest BCUT2D eigenvalue weighted by Gasteiger charge is -2.06. The van der Waals surface area contributed by atoms with Crippen LogP contribution in [0.1, 0.15) is 25.3 Å². The molecule has 1 fully saturated rings. The third kappa shape index (κ3) is 3.16. The molecule has 1 aliphatic rings. The van der Waals surface area contributed by atoms with Crippen LogP contribution in [-0.2, 0) is 11.3 Å². The maximum absolute atomic E-state index is 12.0. The van der Waals surface area contributed by atoms with E-state index in [9.17, 15) is 9.59 Å². The predicted octanol–water partition coefficient (Wildman–Crippen LogP) is 1.60.